The first kappa shape index (κ1) is 15.1. The lowest BCUT2D eigenvalue weighted by Gasteiger charge is -2.15. The van der Waals surface area contributed by atoms with E-state index in [2.05, 4.69) is 9.97 Å². The monoisotopic (exact) mass is 311 g/mol. The van der Waals surface area contributed by atoms with Gasteiger partial charge in [-0.25, -0.2) is 9.97 Å². The molecule has 2 atom stereocenters. The molecule has 1 fully saturated rings. The van der Waals surface area contributed by atoms with E-state index in [1.54, 1.807) is 17.2 Å². The number of amides is 1. The topological polar surface area (TPSA) is 83.4 Å². The molecule has 1 aliphatic rings. The Hall–Kier alpha value is -2.76. The lowest BCUT2D eigenvalue weighted by molar-refractivity contribution is -0.144. The summed E-state index contributed by atoms with van der Waals surface area (Å²) in [7, 11) is 0. The molecule has 0 radical (unpaired) electrons. The van der Waals surface area contributed by atoms with Gasteiger partial charge in [-0.15, -0.1) is 0 Å². The molecule has 2 heterocycles. The summed E-state index contributed by atoms with van der Waals surface area (Å²) in [6.45, 7) is 0.534. The number of rotatable bonds is 5. The molecule has 0 bridgehead atoms. The highest BCUT2D eigenvalue weighted by atomic mass is 16.4. The van der Waals surface area contributed by atoms with Crippen molar-refractivity contribution in [2.75, 3.05) is 6.54 Å². The summed E-state index contributed by atoms with van der Waals surface area (Å²) in [5.41, 5.74) is 1.68. The summed E-state index contributed by atoms with van der Waals surface area (Å²) in [4.78, 5) is 33.7. The Morgan fingerprint density at radius 3 is 2.70 bits per heavy atom. The Morgan fingerprint density at radius 2 is 2.04 bits per heavy atom. The number of carboxylic acids is 1. The van der Waals surface area contributed by atoms with Crippen LogP contribution in [0, 0.1) is 11.8 Å². The predicted octanol–water partition coefficient (Wildman–Crippen LogP) is 1.38. The van der Waals surface area contributed by atoms with Crippen LogP contribution < -0.4 is 0 Å². The summed E-state index contributed by atoms with van der Waals surface area (Å²) in [6.07, 6.45) is 3.47. The molecule has 1 aromatic heterocycles. The van der Waals surface area contributed by atoms with E-state index >= 15 is 0 Å². The largest absolute Gasteiger partial charge is 0.481 e. The fraction of sp³-hybridized carbons (Fsp3) is 0.294. The number of likely N-dealkylation sites (tertiary alicyclic amines) is 1. The zero-order valence-corrected chi connectivity index (χ0v) is 12.5. The lowest BCUT2D eigenvalue weighted by Crippen LogP contribution is -2.28. The van der Waals surface area contributed by atoms with Gasteiger partial charge in [0.2, 0.25) is 5.91 Å². The number of carbonyl (C=O) groups excluding carboxylic acids is 1. The van der Waals surface area contributed by atoms with E-state index < -0.39 is 17.8 Å². The molecule has 1 aliphatic heterocycles. The molecule has 118 valence electrons. The predicted molar refractivity (Wildman–Crippen MR) is 82.2 cm³/mol. The number of carbonyl (C=O) groups is 2. The van der Waals surface area contributed by atoms with Crippen LogP contribution in [0.2, 0.25) is 0 Å². The molecular weight excluding hydrogens is 294 g/mol. The maximum atomic E-state index is 12.6. The van der Waals surface area contributed by atoms with E-state index in [0.717, 1.165) is 5.56 Å². The van der Waals surface area contributed by atoms with Crippen LogP contribution in [0.1, 0.15) is 11.3 Å². The van der Waals surface area contributed by atoms with Gasteiger partial charge >= 0.3 is 5.97 Å². The Labute approximate surface area is 133 Å². The molecule has 23 heavy (non-hydrogen) atoms. The second-order valence-corrected chi connectivity index (χ2v) is 5.66. The van der Waals surface area contributed by atoms with Crippen LogP contribution in [0.4, 0.5) is 0 Å². The summed E-state index contributed by atoms with van der Waals surface area (Å²) >= 11 is 0. The summed E-state index contributed by atoms with van der Waals surface area (Å²) in [5, 5.41) is 9.46. The fourth-order valence-electron chi connectivity index (χ4n) is 2.96. The van der Waals surface area contributed by atoms with Crippen LogP contribution in [0.25, 0.3) is 0 Å². The van der Waals surface area contributed by atoms with Crippen molar-refractivity contribution in [1.82, 2.24) is 14.9 Å². The van der Waals surface area contributed by atoms with Crippen LogP contribution >= 0.6 is 0 Å². The van der Waals surface area contributed by atoms with E-state index in [0.29, 0.717) is 18.7 Å². The van der Waals surface area contributed by atoms with E-state index in [1.807, 2.05) is 30.3 Å². The fourth-order valence-corrected chi connectivity index (χ4v) is 2.96. The molecule has 6 nitrogen and oxygen atoms in total. The Balaban J connectivity index is 1.78. The normalized spacial score (nSPS) is 20.7. The summed E-state index contributed by atoms with van der Waals surface area (Å²) < 4.78 is 0. The Bertz CT molecular complexity index is 691. The average Bonchev–Trinajstić information content (AvgIpc) is 2.86. The van der Waals surface area contributed by atoms with Crippen molar-refractivity contribution in [3.8, 4) is 0 Å². The molecule has 0 aliphatic carbocycles. The van der Waals surface area contributed by atoms with Crippen molar-refractivity contribution in [2.24, 2.45) is 11.8 Å². The van der Waals surface area contributed by atoms with Gasteiger partial charge in [0, 0.05) is 12.7 Å². The van der Waals surface area contributed by atoms with Gasteiger partial charge in [-0.1, -0.05) is 30.3 Å². The van der Waals surface area contributed by atoms with Gasteiger partial charge in [0.25, 0.3) is 0 Å². The zero-order chi connectivity index (χ0) is 16.2. The number of hydrogen-bond donors (Lipinski definition) is 1. The van der Waals surface area contributed by atoms with Gasteiger partial charge < -0.3 is 10.0 Å². The van der Waals surface area contributed by atoms with Crippen molar-refractivity contribution in [3.05, 3.63) is 60.2 Å². The minimum atomic E-state index is -0.926. The molecule has 1 N–H and O–H groups in total. The first-order chi connectivity index (χ1) is 11.1. The first-order valence-electron chi connectivity index (χ1n) is 7.45. The third kappa shape index (κ3) is 3.36. The number of aromatic nitrogens is 2. The van der Waals surface area contributed by atoms with Crippen molar-refractivity contribution in [2.45, 2.75) is 13.0 Å². The quantitative estimate of drug-likeness (QED) is 0.902. The summed E-state index contributed by atoms with van der Waals surface area (Å²) in [5.74, 6) is -2.27. The van der Waals surface area contributed by atoms with E-state index in [1.165, 1.54) is 6.33 Å². The molecule has 1 aromatic carbocycles. The minimum absolute atomic E-state index is 0.125. The van der Waals surface area contributed by atoms with Crippen LogP contribution in [0.5, 0.6) is 0 Å². The molecule has 1 amide bonds. The third-order valence-corrected chi connectivity index (χ3v) is 4.14. The number of carboxylic acid groups (broad SMARTS) is 1. The molecule has 0 spiro atoms. The highest BCUT2D eigenvalue weighted by Crippen LogP contribution is 2.29. The van der Waals surface area contributed by atoms with Crippen molar-refractivity contribution in [3.63, 3.8) is 0 Å². The summed E-state index contributed by atoms with van der Waals surface area (Å²) in [6, 6.07) is 11.2. The van der Waals surface area contributed by atoms with E-state index in [4.69, 9.17) is 0 Å². The maximum absolute atomic E-state index is 12.6. The molecule has 6 heteroatoms. The number of nitrogens with zero attached hydrogens (tertiary/aromatic N) is 3. The SMILES string of the molecule is O=C(O)C1CN(Cc2ccncn2)C(=O)C1Cc1ccccc1. The van der Waals surface area contributed by atoms with Crippen LogP contribution in [0.3, 0.4) is 0 Å². The van der Waals surface area contributed by atoms with Crippen molar-refractivity contribution >= 4 is 11.9 Å². The van der Waals surface area contributed by atoms with Gasteiger partial charge in [0.15, 0.2) is 0 Å². The Kier molecular flexibility index (Phi) is 4.32. The number of hydrogen-bond acceptors (Lipinski definition) is 4. The molecule has 2 aromatic rings. The van der Waals surface area contributed by atoms with Crippen LogP contribution in [0.15, 0.2) is 48.9 Å². The van der Waals surface area contributed by atoms with Gasteiger partial charge in [-0.3, -0.25) is 9.59 Å². The molecule has 3 rings (SSSR count). The smallest absolute Gasteiger partial charge is 0.309 e. The lowest BCUT2D eigenvalue weighted by atomic mass is 9.89. The molecule has 2 unspecified atom stereocenters. The van der Waals surface area contributed by atoms with E-state index in [-0.39, 0.29) is 12.5 Å². The maximum Gasteiger partial charge on any atom is 0.309 e. The highest BCUT2D eigenvalue weighted by Gasteiger charge is 2.44. The first-order valence-corrected chi connectivity index (χ1v) is 7.45. The minimum Gasteiger partial charge on any atom is -0.481 e. The average molecular weight is 311 g/mol. The van der Waals surface area contributed by atoms with Gasteiger partial charge in [-0.2, -0.15) is 0 Å². The number of aliphatic carboxylic acids is 1. The standard InChI is InChI=1S/C17H17N3O3/c21-16-14(8-12-4-2-1-3-5-12)15(17(22)23)10-20(16)9-13-6-7-18-11-19-13/h1-7,11,14-15H,8-10H2,(H,22,23). The molecular formula is C17H17N3O3. The third-order valence-electron chi connectivity index (χ3n) is 4.14. The van der Waals surface area contributed by atoms with Crippen LogP contribution in [-0.4, -0.2) is 38.4 Å². The van der Waals surface area contributed by atoms with Crippen molar-refractivity contribution < 1.29 is 14.7 Å². The Morgan fingerprint density at radius 1 is 1.26 bits per heavy atom. The second-order valence-electron chi connectivity index (χ2n) is 5.66. The van der Waals surface area contributed by atoms with Crippen LogP contribution in [-0.2, 0) is 22.6 Å². The zero-order valence-electron chi connectivity index (χ0n) is 12.5. The van der Waals surface area contributed by atoms with E-state index in [9.17, 15) is 14.7 Å². The van der Waals surface area contributed by atoms with Gasteiger partial charge in [0.1, 0.15) is 6.33 Å². The number of benzene rings is 1. The van der Waals surface area contributed by atoms with Gasteiger partial charge in [0.05, 0.1) is 24.1 Å². The van der Waals surface area contributed by atoms with Crippen molar-refractivity contribution in [1.29, 1.82) is 0 Å². The molecule has 1 saturated heterocycles. The highest BCUT2D eigenvalue weighted by molar-refractivity contribution is 5.88. The second kappa shape index (κ2) is 6.56. The van der Waals surface area contributed by atoms with Gasteiger partial charge in [-0.05, 0) is 18.1 Å². The molecule has 0 saturated carbocycles.